The van der Waals surface area contributed by atoms with E-state index >= 15 is 0 Å². The Morgan fingerprint density at radius 1 is 1.38 bits per heavy atom. The number of piperidine rings is 1. The number of hydrogen-bond donors (Lipinski definition) is 0. The maximum atomic E-state index is 11.6. The number of likely N-dealkylation sites (tertiary alicyclic amines) is 1. The van der Waals surface area contributed by atoms with Gasteiger partial charge >= 0.3 is 6.09 Å². The van der Waals surface area contributed by atoms with Gasteiger partial charge < -0.3 is 14.5 Å². The Bertz CT molecular complexity index is 474. The first kappa shape index (κ1) is 15.8. The van der Waals surface area contributed by atoms with Gasteiger partial charge in [-0.05, 0) is 57.0 Å². The van der Waals surface area contributed by atoms with Crippen molar-refractivity contribution in [3.05, 3.63) is 29.8 Å². The van der Waals surface area contributed by atoms with E-state index in [1.807, 2.05) is 18.2 Å². The number of benzene rings is 1. The van der Waals surface area contributed by atoms with E-state index in [4.69, 9.17) is 4.74 Å². The van der Waals surface area contributed by atoms with Crippen LogP contribution in [0.2, 0.25) is 0 Å². The van der Waals surface area contributed by atoms with Gasteiger partial charge in [0.05, 0.1) is 0 Å². The first-order valence-corrected chi connectivity index (χ1v) is 7.74. The van der Waals surface area contributed by atoms with E-state index in [1.165, 1.54) is 42.7 Å². The molecule has 0 bridgehead atoms. The molecule has 1 aliphatic heterocycles. The summed E-state index contributed by atoms with van der Waals surface area (Å²) >= 11 is 0. The fourth-order valence-electron chi connectivity index (χ4n) is 2.80. The van der Waals surface area contributed by atoms with Gasteiger partial charge in [0.15, 0.2) is 0 Å². The summed E-state index contributed by atoms with van der Waals surface area (Å²) in [6.45, 7) is 1.21. The SMILES string of the molecule is CN(C)C(=O)Oc1cccc(CCC2CCCCN2C)c1. The fraction of sp³-hybridized carbons (Fsp3) is 0.588. The van der Waals surface area contributed by atoms with Crippen molar-refractivity contribution >= 4 is 6.09 Å². The van der Waals surface area contributed by atoms with Gasteiger partial charge in [-0.25, -0.2) is 4.79 Å². The second kappa shape index (κ2) is 7.46. The molecule has 1 atom stereocenters. The van der Waals surface area contributed by atoms with Crippen LogP contribution >= 0.6 is 0 Å². The first-order chi connectivity index (χ1) is 10.1. The molecule has 116 valence electrons. The summed E-state index contributed by atoms with van der Waals surface area (Å²) in [6.07, 6.45) is 5.83. The van der Waals surface area contributed by atoms with E-state index in [2.05, 4.69) is 18.0 Å². The summed E-state index contributed by atoms with van der Waals surface area (Å²) in [5.74, 6) is 0.628. The summed E-state index contributed by atoms with van der Waals surface area (Å²) in [6, 6.07) is 8.56. The van der Waals surface area contributed by atoms with Gasteiger partial charge in [-0.2, -0.15) is 0 Å². The Kier molecular flexibility index (Phi) is 5.62. The number of rotatable bonds is 4. The average molecular weight is 290 g/mol. The van der Waals surface area contributed by atoms with Crippen LogP contribution in [0.3, 0.4) is 0 Å². The molecule has 4 heteroatoms. The number of aryl methyl sites for hydroxylation is 1. The molecule has 2 rings (SSSR count). The molecule has 0 radical (unpaired) electrons. The number of amides is 1. The third-order valence-electron chi connectivity index (χ3n) is 4.16. The molecule has 1 fully saturated rings. The van der Waals surface area contributed by atoms with Crippen molar-refractivity contribution in [1.82, 2.24) is 9.80 Å². The largest absolute Gasteiger partial charge is 0.414 e. The molecule has 0 spiro atoms. The number of carbonyl (C=O) groups is 1. The predicted molar refractivity (Wildman–Crippen MR) is 84.7 cm³/mol. The topological polar surface area (TPSA) is 32.8 Å². The van der Waals surface area contributed by atoms with Crippen molar-refractivity contribution in [3.8, 4) is 5.75 Å². The van der Waals surface area contributed by atoms with Crippen molar-refractivity contribution in [2.75, 3.05) is 27.7 Å². The third-order valence-corrected chi connectivity index (χ3v) is 4.16. The number of ether oxygens (including phenoxy) is 1. The van der Waals surface area contributed by atoms with Gasteiger partial charge in [-0.1, -0.05) is 18.6 Å². The van der Waals surface area contributed by atoms with E-state index in [1.54, 1.807) is 14.1 Å². The van der Waals surface area contributed by atoms with Crippen LogP contribution in [-0.2, 0) is 6.42 Å². The van der Waals surface area contributed by atoms with Crippen LogP contribution in [0.1, 0.15) is 31.2 Å². The lowest BCUT2D eigenvalue weighted by Crippen LogP contribution is -2.36. The van der Waals surface area contributed by atoms with E-state index in [9.17, 15) is 4.79 Å². The maximum absolute atomic E-state index is 11.6. The van der Waals surface area contributed by atoms with Crippen LogP contribution in [0.4, 0.5) is 4.79 Å². The molecule has 1 unspecified atom stereocenters. The van der Waals surface area contributed by atoms with Crippen molar-refractivity contribution in [3.63, 3.8) is 0 Å². The molecule has 4 nitrogen and oxygen atoms in total. The molecule has 21 heavy (non-hydrogen) atoms. The lowest BCUT2D eigenvalue weighted by atomic mass is 9.96. The fourth-order valence-corrected chi connectivity index (χ4v) is 2.80. The van der Waals surface area contributed by atoms with E-state index in [-0.39, 0.29) is 6.09 Å². The van der Waals surface area contributed by atoms with Crippen LogP contribution in [0.25, 0.3) is 0 Å². The third kappa shape index (κ3) is 4.74. The molecule has 1 amide bonds. The molecule has 1 aromatic rings. The zero-order chi connectivity index (χ0) is 15.2. The normalized spacial score (nSPS) is 19.3. The Labute approximate surface area is 127 Å². The summed E-state index contributed by atoms with van der Waals surface area (Å²) in [4.78, 5) is 15.5. The van der Waals surface area contributed by atoms with Gasteiger partial charge in [0.2, 0.25) is 0 Å². The Hall–Kier alpha value is -1.55. The summed E-state index contributed by atoms with van der Waals surface area (Å²) < 4.78 is 5.31. The van der Waals surface area contributed by atoms with Crippen LogP contribution < -0.4 is 4.74 Å². The van der Waals surface area contributed by atoms with Crippen molar-refractivity contribution in [2.24, 2.45) is 0 Å². The van der Waals surface area contributed by atoms with Gasteiger partial charge in [0.25, 0.3) is 0 Å². The lowest BCUT2D eigenvalue weighted by molar-refractivity contribution is 0.171. The molecular weight excluding hydrogens is 264 g/mol. The molecule has 0 aromatic heterocycles. The summed E-state index contributed by atoms with van der Waals surface area (Å²) in [7, 11) is 5.59. The minimum absolute atomic E-state index is 0.334. The monoisotopic (exact) mass is 290 g/mol. The molecular formula is C17H26N2O2. The molecule has 1 heterocycles. The average Bonchev–Trinajstić information content (AvgIpc) is 2.46. The lowest BCUT2D eigenvalue weighted by Gasteiger charge is -2.32. The highest BCUT2D eigenvalue weighted by atomic mass is 16.6. The van der Waals surface area contributed by atoms with Crippen LogP contribution in [0.15, 0.2) is 24.3 Å². The van der Waals surface area contributed by atoms with E-state index < -0.39 is 0 Å². The summed E-state index contributed by atoms with van der Waals surface area (Å²) in [5, 5.41) is 0. The van der Waals surface area contributed by atoms with Crippen molar-refractivity contribution in [1.29, 1.82) is 0 Å². The van der Waals surface area contributed by atoms with Gasteiger partial charge in [0.1, 0.15) is 5.75 Å². The molecule has 0 N–H and O–H groups in total. The maximum Gasteiger partial charge on any atom is 0.414 e. The second-order valence-electron chi connectivity index (χ2n) is 6.08. The Morgan fingerprint density at radius 2 is 2.19 bits per heavy atom. The van der Waals surface area contributed by atoms with Crippen LogP contribution in [-0.4, -0.2) is 49.6 Å². The van der Waals surface area contributed by atoms with Gasteiger partial charge in [0, 0.05) is 20.1 Å². The minimum Gasteiger partial charge on any atom is -0.410 e. The molecule has 0 aliphatic carbocycles. The minimum atomic E-state index is -0.334. The Balaban J connectivity index is 1.90. The van der Waals surface area contributed by atoms with Gasteiger partial charge in [-0.15, -0.1) is 0 Å². The quantitative estimate of drug-likeness (QED) is 0.854. The number of hydrogen-bond acceptors (Lipinski definition) is 3. The molecule has 1 aromatic carbocycles. The molecule has 0 saturated carbocycles. The number of nitrogens with zero attached hydrogens (tertiary/aromatic N) is 2. The standard InChI is InChI=1S/C17H26N2O2/c1-18(2)17(20)21-16-9-6-7-14(13-16)10-11-15-8-4-5-12-19(15)3/h6-7,9,13,15H,4-5,8,10-12H2,1-3H3. The highest BCUT2D eigenvalue weighted by Gasteiger charge is 2.18. The zero-order valence-electron chi connectivity index (χ0n) is 13.3. The zero-order valence-corrected chi connectivity index (χ0v) is 13.3. The van der Waals surface area contributed by atoms with E-state index in [0.717, 1.165) is 6.42 Å². The van der Waals surface area contributed by atoms with E-state index in [0.29, 0.717) is 11.8 Å². The highest BCUT2D eigenvalue weighted by molar-refractivity contribution is 5.69. The first-order valence-electron chi connectivity index (χ1n) is 7.74. The highest BCUT2D eigenvalue weighted by Crippen LogP contribution is 2.21. The van der Waals surface area contributed by atoms with Crippen molar-refractivity contribution in [2.45, 2.75) is 38.1 Å². The smallest absolute Gasteiger partial charge is 0.410 e. The Morgan fingerprint density at radius 3 is 2.90 bits per heavy atom. The predicted octanol–water partition coefficient (Wildman–Crippen LogP) is 3.16. The molecule has 1 saturated heterocycles. The summed E-state index contributed by atoms with van der Waals surface area (Å²) in [5.41, 5.74) is 1.23. The number of carbonyl (C=O) groups excluding carboxylic acids is 1. The van der Waals surface area contributed by atoms with Crippen molar-refractivity contribution < 1.29 is 9.53 Å². The molecule has 1 aliphatic rings. The van der Waals surface area contributed by atoms with Crippen LogP contribution in [0.5, 0.6) is 5.75 Å². The van der Waals surface area contributed by atoms with Gasteiger partial charge in [-0.3, -0.25) is 0 Å². The second-order valence-corrected chi connectivity index (χ2v) is 6.08. The van der Waals surface area contributed by atoms with Crippen LogP contribution in [0, 0.1) is 0 Å².